The number of likely N-dealkylation sites (N-methyl/N-ethyl adjacent to an activating group) is 1. The van der Waals surface area contributed by atoms with E-state index in [1.54, 1.807) is 6.08 Å². The lowest BCUT2D eigenvalue weighted by Gasteiger charge is -2.25. The molecule has 0 heterocycles. The highest BCUT2D eigenvalue weighted by Gasteiger charge is 2.28. The number of nitrogens with zero attached hydrogens (tertiary/aromatic N) is 1. The maximum Gasteiger partial charge on any atom is 0.472 e. The molecular formula is C72H140N2O6P+. The molecule has 0 aliphatic carbocycles. The summed E-state index contributed by atoms with van der Waals surface area (Å²) in [5.41, 5.74) is 0. The summed E-state index contributed by atoms with van der Waals surface area (Å²) in [7, 11) is 1.57. The third-order valence-electron chi connectivity index (χ3n) is 16.3. The monoisotopic (exact) mass is 1160 g/mol. The number of amides is 1. The van der Waals surface area contributed by atoms with Gasteiger partial charge in [-0.25, -0.2) is 4.57 Å². The Morgan fingerprint density at radius 3 is 1.06 bits per heavy atom. The Balaban J connectivity index is 4.07. The van der Waals surface area contributed by atoms with Crippen LogP contribution in [0.3, 0.4) is 0 Å². The molecule has 0 aromatic rings. The predicted octanol–water partition coefficient (Wildman–Crippen LogP) is 22.6. The van der Waals surface area contributed by atoms with Gasteiger partial charge in [-0.1, -0.05) is 332 Å². The molecule has 81 heavy (non-hydrogen) atoms. The Morgan fingerprint density at radius 2 is 0.716 bits per heavy atom. The Kier molecular flexibility index (Phi) is 61.8. The van der Waals surface area contributed by atoms with Gasteiger partial charge in [-0.15, -0.1) is 0 Å². The van der Waals surface area contributed by atoms with Crippen LogP contribution in [-0.4, -0.2) is 73.4 Å². The number of hydrogen-bond acceptors (Lipinski definition) is 5. The van der Waals surface area contributed by atoms with Crippen LogP contribution in [0.1, 0.15) is 354 Å². The number of aliphatic hydroxyl groups excluding tert-OH is 1. The van der Waals surface area contributed by atoms with Crippen LogP contribution >= 0.6 is 7.82 Å². The average molecular weight is 1160 g/mol. The molecule has 478 valence electrons. The van der Waals surface area contributed by atoms with Crippen molar-refractivity contribution >= 4 is 13.7 Å². The fourth-order valence-corrected chi connectivity index (χ4v) is 11.5. The van der Waals surface area contributed by atoms with Crippen molar-refractivity contribution in [1.29, 1.82) is 0 Å². The van der Waals surface area contributed by atoms with Crippen LogP contribution in [0.25, 0.3) is 0 Å². The molecule has 0 saturated carbocycles. The lowest BCUT2D eigenvalue weighted by atomic mass is 10.0. The van der Waals surface area contributed by atoms with Crippen LogP contribution in [0, 0.1) is 0 Å². The third-order valence-corrected chi connectivity index (χ3v) is 17.3. The van der Waals surface area contributed by atoms with Gasteiger partial charge in [0, 0.05) is 6.42 Å². The molecule has 3 atom stereocenters. The Morgan fingerprint density at radius 1 is 0.420 bits per heavy atom. The molecule has 0 fully saturated rings. The second-order valence-corrected chi connectivity index (χ2v) is 27.1. The minimum Gasteiger partial charge on any atom is -0.387 e. The molecule has 9 heteroatoms. The summed E-state index contributed by atoms with van der Waals surface area (Å²) in [6, 6.07) is -0.865. The summed E-state index contributed by atoms with van der Waals surface area (Å²) in [6.45, 7) is 4.84. The molecule has 0 bridgehead atoms. The van der Waals surface area contributed by atoms with E-state index < -0.39 is 20.0 Å². The van der Waals surface area contributed by atoms with Gasteiger partial charge < -0.3 is 19.8 Å². The number of unbranched alkanes of at least 4 members (excludes halogenated alkanes) is 47. The van der Waals surface area contributed by atoms with Crippen LogP contribution in [-0.2, 0) is 18.4 Å². The smallest absolute Gasteiger partial charge is 0.387 e. The zero-order valence-corrected chi connectivity index (χ0v) is 55.7. The van der Waals surface area contributed by atoms with Gasteiger partial charge in [0.1, 0.15) is 13.2 Å². The van der Waals surface area contributed by atoms with Crippen molar-refractivity contribution in [3.05, 3.63) is 48.6 Å². The highest BCUT2D eigenvalue weighted by atomic mass is 31.2. The zero-order valence-electron chi connectivity index (χ0n) is 54.8. The molecule has 3 unspecified atom stereocenters. The first-order valence-electron chi connectivity index (χ1n) is 35.5. The fourth-order valence-electron chi connectivity index (χ4n) is 10.7. The summed E-state index contributed by atoms with van der Waals surface area (Å²) in [5, 5.41) is 14.0. The molecule has 0 rings (SSSR count). The van der Waals surface area contributed by atoms with E-state index in [2.05, 4.69) is 55.6 Å². The summed E-state index contributed by atoms with van der Waals surface area (Å²) < 4.78 is 23.8. The standard InChI is InChI=1S/C72H139N2O6P/c1-6-8-10-12-14-16-18-20-22-24-26-28-30-32-34-36-37-38-40-42-44-46-48-50-52-54-56-58-60-62-64-66-72(76)73-70(69-80-81(77,78)79-68-67-74(3,4)5)71(75)65-63-61-59-57-55-53-51-49-47-45-43-41-39-35-33-31-29-27-25-23-21-19-17-15-13-11-9-7-2/h18,20,24,26,55,57,63,65,70-71,75H,6-17,19,21-23,25,27-54,56,58-62,64,66-69H2,1-5H3,(H-,73,76,77,78)/p+1/b20-18-,26-24-,57-55+,65-63+. The van der Waals surface area contributed by atoms with Crippen LogP contribution < -0.4 is 5.32 Å². The van der Waals surface area contributed by atoms with Gasteiger partial charge in [0.25, 0.3) is 0 Å². The molecule has 0 saturated heterocycles. The number of phosphoric acid groups is 1. The second kappa shape index (κ2) is 63.0. The fraction of sp³-hybridized carbons (Fsp3) is 0.875. The van der Waals surface area contributed by atoms with Gasteiger partial charge >= 0.3 is 7.82 Å². The maximum absolute atomic E-state index is 13.1. The van der Waals surface area contributed by atoms with E-state index in [0.29, 0.717) is 17.4 Å². The van der Waals surface area contributed by atoms with Crippen LogP contribution in [0.15, 0.2) is 48.6 Å². The molecule has 0 spiro atoms. The minimum atomic E-state index is -4.36. The molecule has 8 nitrogen and oxygen atoms in total. The summed E-state index contributed by atoms with van der Waals surface area (Å²) in [4.78, 5) is 23.4. The van der Waals surface area contributed by atoms with Crippen molar-refractivity contribution in [3.8, 4) is 0 Å². The van der Waals surface area contributed by atoms with E-state index >= 15 is 0 Å². The topological polar surface area (TPSA) is 105 Å². The number of quaternary nitrogens is 1. The molecule has 1 amide bonds. The zero-order chi connectivity index (χ0) is 59.1. The Hall–Kier alpha value is -1.54. The quantitative estimate of drug-likeness (QED) is 0.0243. The molecule has 0 aromatic heterocycles. The number of carbonyl (C=O) groups excluding carboxylic acids is 1. The van der Waals surface area contributed by atoms with Crippen molar-refractivity contribution in [2.75, 3.05) is 40.9 Å². The van der Waals surface area contributed by atoms with Crippen molar-refractivity contribution in [2.45, 2.75) is 366 Å². The summed E-state index contributed by atoms with van der Waals surface area (Å²) in [5.74, 6) is -0.181. The van der Waals surface area contributed by atoms with Gasteiger partial charge in [-0.2, -0.15) is 0 Å². The van der Waals surface area contributed by atoms with E-state index in [-0.39, 0.29) is 19.1 Å². The molecular weight excluding hydrogens is 1020 g/mol. The van der Waals surface area contributed by atoms with Gasteiger partial charge in [-0.3, -0.25) is 13.8 Å². The summed E-state index contributed by atoms with van der Waals surface area (Å²) in [6.07, 6.45) is 85.6. The SMILES string of the molecule is CCCCCCC/C=C\C/C=C\CCCCCCCCCCCCCCCCCCCCCC(=O)NC(COP(=O)(O)OCC[N+](C)(C)C)C(O)/C=C/CC/C=C/CCCCCCCCCCCCCCCCCCCCCCCC. The number of allylic oxidation sites excluding steroid dienone is 7. The van der Waals surface area contributed by atoms with E-state index in [4.69, 9.17) is 9.05 Å². The third kappa shape index (κ3) is 65.9. The number of hydrogen-bond donors (Lipinski definition) is 3. The highest BCUT2D eigenvalue weighted by molar-refractivity contribution is 7.47. The first kappa shape index (κ1) is 79.5. The average Bonchev–Trinajstić information content (AvgIpc) is 3.43. The Bertz CT molecular complexity index is 1460. The van der Waals surface area contributed by atoms with Gasteiger partial charge in [0.05, 0.1) is 39.9 Å². The van der Waals surface area contributed by atoms with E-state index in [9.17, 15) is 19.4 Å². The Labute approximate surface area is 505 Å². The lowest BCUT2D eigenvalue weighted by molar-refractivity contribution is -0.870. The molecule has 0 aliphatic rings. The molecule has 3 N–H and O–H groups in total. The van der Waals surface area contributed by atoms with Gasteiger partial charge in [-0.05, 0) is 64.2 Å². The normalized spacial score (nSPS) is 13.9. The van der Waals surface area contributed by atoms with Gasteiger partial charge in [0.2, 0.25) is 5.91 Å². The predicted molar refractivity (Wildman–Crippen MR) is 355 cm³/mol. The van der Waals surface area contributed by atoms with Crippen molar-refractivity contribution in [2.24, 2.45) is 0 Å². The maximum atomic E-state index is 13.1. The van der Waals surface area contributed by atoms with Gasteiger partial charge in [0.15, 0.2) is 0 Å². The van der Waals surface area contributed by atoms with Crippen molar-refractivity contribution in [1.82, 2.24) is 5.32 Å². The van der Waals surface area contributed by atoms with Crippen LogP contribution in [0.4, 0.5) is 0 Å². The van der Waals surface area contributed by atoms with E-state index in [1.165, 1.54) is 289 Å². The van der Waals surface area contributed by atoms with Crippen LogP contribution in [0.5, 0.6) is 0 Å². The van der Waals surface area contributed by atoms with Crippen molar-refractivity contribution in [3.63, 3.8) is 0 Å². The first-order chi connectivity index (χ1) is 39.5. The van der Waals surface area contributed by atoms with Crippen LogP contribution in [0.2, 0.25) is 0 Å². The number of carbonyl (C=O) groups is 1. The molecule has 0 aromatic carbocycles. The van der Waals surface area contributed by atoms with E-state index in [0.717, 1.165) is 44.9 Å². The van der Waals surface area contributed by atoms with E-state index in [1.807, 2.05) is 27.2 Å². The largest absolute Gasteiger partial charge is 0.472 e. The highest BCUT2D eigenvalue weighted by Crippen LogP contribution is 2.43. The number of aliphatic hydroxyl groups is 1. The first-order valence-corrected chi connectivity index (χ1v) is 37.0. The molecule has 0 aliphatic heterocycles. The summed E-state index contributed by atoms with van der Waals surface area (Å²) >= 11 is 0. The number of phosphoric ester groups is 1. The number of nitrogens with one attached hydrogen (secondary N) is 1. The minimum absolute atomic E-state index is 0.0572. The van der Waals surface area contributed by atoms with Crippen molar-refractivity contribution < 1.29 is 32.9 Å². The second-order valence-electron chi connectivity index (χ2n) is 25.6. The number of rotatable bonds is 66. The lowest BCUT2D eigenvalue weighted by Crippen LogP contribution is -2.45. The molecule has 0 radical (unpaired) electrons.